The maximum absolute atomic E-state index is 11.5. The van der Waals surface area contributed by atoms with E-state index >= 15 is 0 Å². The van der Waals surface area contributed by atoms with Crippen LogP contribution in [0.15, 0.2) is 42.6 Å². The van der Waals surface area contributed by atoms with Crippen LogP contribution in [0.1, 0.15) is 15.9 Å². The Morgan fingerprint density at radius 3 is 2.79 bits per heavy atom. The molecule has 0 aliphatic rings. The van der Waals surface area contributed by atoms with Crippen LogP contribution in [0, 0.1) is 0 Å². The third kappa shape index (κ3) is 3.22. The molecule has 0 saturated carbocycles. The molecule has 0 radical (unpaired) electrons. The number of H-pyrrole nitrogens is 1. The molecule has 0 saturated heterocycles. The van der Waals surface area contributed by atoms with Crippen molar-refractivity contribution in [1.29, 1.82) is 0 Å². The van der Waals surface area contributed by atoms with Crippen molar-refractivity contribution in [2.45, 2.75) is 6.54 Å². The third-order valence-electron chi connectivity index (χ3n) is 3.80. The van der Waals surface area contributed by atoms with E-state index in [0.717, 1.165) is 23.4 Å². The van der Waals surface area contributed by atoms with E-state index < -0.39 is 5.97 Å². The first kappa shape index (κ1) is 16.4. The fourth-order valence-corrected chi connectivity index (χ4v) is 2.85. The largest absolute Gasteiger partial charge is 0.465 e. The normalized spacial score (nSPS) is 10.8. The van der Waals surface area contributed by atoms with E-state index in [-0.39, 0.29) is 0 Å². The zero-order valence-corrected chi connectivity index (χ0v) is 14.2. The van der Waals surface area contributed by atoms with Gasteiger partial charge in [-0.1, -0.05) is 17.7 Å². The number of hydrogen-bond acceptors (Lipinski definition) is 4. The van der Waals surface area contributed by atoms with E-state index in [2.05, 4.69) is 21.7 Å². The lowest BCUT2D eigenvalue weighted by Crippen LogP contribution is -2.04. The van der Waals surface area contributed by atoms with E-state index in [1.165, 1.54) is 18.1 Å². The minimum absolute atomic E-state index is 0.409. The summed E-state index contributed by atoms with van der Waals surface area (Å²) in [7, 11) is 3.27. The summed E-state index contributed by atoms with van der Waals surface area (Å²) in [4.78, 5) is 14.8. The van der Waals surface area contributed by atoms with Gasteiger partial charge in [0, 0.05) is 29.3 Å². The first-order valence-electron chi connectivity index (χ1n) is 7.52. The Balaban J connectivity index is 1.85. The quantitative estimate of drug-likeness (QED) is 0.611. The number of fused-ring (bicyclic) bond motifs is 1. The maximum Gasteiger partial charge on any atom is 0.337 e. The Morgan fingerprint density at radius 1 is 1.25 bits per heavy atom. The van der Waals surface area contributed by atoms with Gasteiger partial charge >= 0.3 is 5.97 Å². The number of ether oxygens (including phenoxy) is 1. The summed E-state index contributed by atoms with van der Waals surface area (Å²) in [6.45, 7) is 0.813. The fourth-order valence-electron chi connectivity index (χ4n) is 2.62. The second-order valence-corrected chi connectivity index (χ2v) is 5.82. The summed E-state index contributed by atoms with van der Waals surface area (Å²) in [5.74, 6) is -0.409. The highest BCUT2D eigenvalue weighted by Crippen LogP contribution is 2.29. The van der Waals surface area contributed by atoms with E-state index in [1.807, 2.05) is 25.4 Å². The standard InChI is InChI=1S/C18H18ClN3O2/c1-20-9-12-10-21-17-8-13(4-5-14(12)17)22-16-6-3-11(7-15(16)19)18(23)24-2/h3-8,10,20-22H,9H2,1-2H3. The molecule has 1 aromatic heterocycles. The molecule has 0 atom stereocenters. The average Bonchev–Trinajstić information content (AvgIpc) is 2.98. The van der Waals surface area contributed by atoms with Crippen LogP contribution in [0.5, 0.6) is 0 Å². The Morgan fingerprint density at radius 2 is 2.08 bits per heavy atom. The smallest absolute Gasteiger partial charge is 0.337 e. The van der Waals surface area contributed by atoms with E-state index in [9.17, 15) is 4.79 Å². The average molecular weight is 344 g/mol. The molecule has 0 bridgehead atoms. The number of aromatic amines is 1. The molecule has 0 aliphatic carbocycles. The summed E-state index contributed by atoms with van der Waals surface area (Å²) in [6, 6.07) is 11.1. The maximum atomic E-state index is 11.5. The number of halogens is 1. The van der Waals surface area contributed by atoms with Crippen molar-refractivity contribution in [3.05, 3.63) is 58.7 Å². The second-order valence-electron chi connectivity index (χ2n) is 5.42. The van der Waals surface area contributed by atoms with Crippen molar-refractivity contribution in [3.8, 4) is 0 Å². The highest BCUT2D eigenvalue weighted by atomic mass is 35.5. The van der Waals surface area contributed by atoms with Crippen molar-refractivity contribution >= 4 is 39.8 Å². The molecular weight excluding hydrogens is 326 g/mol. The molecule has 0 unspecified atom stereocenters. The SMILES string of the molecule is CNCc1c[nH]c2cc(Nc3ccc(C(=O)OC)cc3Cl)ccc12. The van der Waals surface area contributed by atoms with E-state index in [0.29, 0.717) is 10.6 Å². The monoisotopic (exact) mass is 343 g/mol. The molecule has 0 fully saturated rings. The van der Waals surface area contributed by atoms with Gasteiger partial charge in [-0.25, -0.2) is 4.79 Å². The number of carbonyl (C=O) groups is 1. The van der Waals surface area contributed by atoms with Gasteiger partial charge in [0.25, 0.3) is 0 Å². The lowest BCUT2D eigenvalue weighted by atomic mass is 10.1. The number of benzene rings is 2. The zero-order valence-electron chi connectivity index (χ0n) is 13.4. The number of rotatable bonds is 5. The van der Waals surface area contributed by atoms with Crippen molar-refractivity contribution in [2.24, 2.45) is 0 Å². The number of aromatic nitrogens is 1. The zero-order chi connectivity index (χ0) is 17.1. The molecule has 0 amide bonds. The molecule has 6 heteroatoms. The predicted molar refractivity (Wildman–Crippen MR) is 97.1 cm³/mol. The lowest BCUT2D eigenvalue weighted by molar-refractivity contribution is 0.0601. The van der Waals surface area contributed by atoms with Crippen LogP contribution in [-0.4, -0.2) is 25.1 Å². The molecule has 0 aliphatic heterocycles. The van der Waals surface area contributed by atoms with E-state index in [1.54, 1.807) is 18.2 Å². The molecule has 3 aromatic rings. The highest BCUT2D eigenvalue weighted by molar-refractivity contribution is 6.33. The molecule has 0 spiro atoms. The summed E-state index contributed by atoms with van der Waals surface area (Å²) in [5.41, 5.74) is 4.33. The van der Waals surface area contributed by atoms with Gasteiger partial charge < -0.3 is 20.4 Å². The highest BCUT2D eigenvalue weighted by Gasteiger charge is 2.10. The van der Waals surface area contributed by atoms with Crippen molar-refractivity contribution in [3.63, 3.8) is 0 Å². The summed E-state index contributed by atoms with van der Waals surface area (Å²) in [6.07, 6.45) is 2.00. The number of carbonyl (C=O) groups excluding carboxylic acids is 1. The molecule has 3 N–H and O–H groups in total. The summed E-state index contributed by atoms with van der Waals surface area (Å²) in [5, 5.41) is 8.06. The van der Waals surface area contributed by atoms with Gasteiger partial charge in [0.1, 0.15) is 0 Å². The Hall–Kier alpha value is -2.50. The van der Waals surface area contributed by atoms with Crippen molar-refractivity contribution < 1.29 is 9.53 Å². The Bertz CT molecular complexity index is 889. The fraction of sp³-hybridized carbons (Fsp3) is 0.167. The molecule has 2 aromatic carbocycles. The van der Waals surface area contributed by atoms with Gasteiger partial charge in [0.05, 0.1) is 23.4 Å². The molecular formula is C18H18ClN3O2. The number of nitrogens with one attached hydrogen (secondary N) is 3. The Kier molecular flexibility index (Phi) is 4.74. The van der Waals surface area contributed by atoms with Crippen LogP contribution in [-0.2, 0) is 11.3 Å². The van der Waals surface area contributed by atoms with Crippen LogP contribution >= 0.6 is 11.6 Å². The first-order chi connectivity index (χ1) is 11.6. The van der Waals surface area contributed by atoms with Crippen LogP contribution in [0.4, 0.5) is 11.4 Å². The number of anilines is 2. The van der Waals surface area contributed by atoms with E-state index in [4.69, 9.17) is 16.3 Å². The van der Waals surface area contributed by atoms with Gasteiger partial charge in [-0.3, -0.25) is 0 Å². The molecule has 124 valence electrons. The summed E-state index contributed by atoms with van der Waals surface area (Å²) >= 11 is 6.26. The van der Waals surface area contributed by atoms with Crippen LogP contribution in [0.25, 0.3) is 10.9 Å². The van der Waals surface area contributed by atoms with Gasteiger partial charge in [-0.15, -0.1) is 0 Å². The molecule has 24 heavy (non-hydrogen) atoms. The Labute approximate surface area is 145 Å². The minimum Gasteiger partial charge on any atom is -0.465 e. The van der Waals surface area contributed by atoms with Gasteiger partial charge in [0.15, 0.2) is 0 Å². The minimum atomic E-state index is -0.409. The first-order valence-corrected chi connectivity index (χ1v) is 7.89. The lowest BCUT2D eigenvalue weighted by Gasteiger charge is -2.10. The van der Waals surface area contributed by atoms with Gasteiger partial charge in [-0.2, -0.15) is 0 Å². The predicted octanol–water partition coefficient (Wildman–Crippen LogP) is 4.07. The van der Waals surface area contributed by atoms with Gasteiger partial charge in [-0.05, 0) is 42.9 Å². The number of methoxy groups -OCH3 is 1. The van der Waals surface area contributed by atoms with Crippen LogP contribution in [0.2, 0.25) is 5.02 Å². The summed E-state index contributed by atoms with van der Waals surface area (Å²) < 4.78 is 4.69. The van der Waals surface area contributed by atoms with Crippen molar-refractivity contribution in [1.82, 2.24) is 10.3 Å². The van der Waals surface area contributed by atoms with Gasteiger partial charge in [0.2, 0.25) is 0 Å². The molecule has 3 rings (SSSR count). The second kappa shape index (κ2) is 6.95. The van der Waals surface area contributed by atoms with Crippen molar-refractivity contribution in [2.75, 3.05) is 19.5 Å². The van der Waals surface area contributed by atoms with Crippen LogP contribution < -0.4 is 10.6 Å². The topological polar surface area (TPSA) is 66.2 Å². The molecule has 5 nitrogen and oxygen atoms in total. The number of hydrogen-bond donors (Lipinski definition) is 3. The number of esters is 1. The van der Waals surface area contributed by atoms with Crippen LogP contribution in [0.3, 0.4) is 0 Å². The third-order valence-corrected chi connectivity index (χ3v) is 4.12. The molecule has 1 heterocycles.